The monoisotopic (exact) mass is 474 g/mol. The van der Waals surface area contributed by atoms with E-state index >= 15 is 0 Å². The molecule has 1 amide bonds. The number of hydrogen-bond donors (Lipinski definition) is 0. The Morgan fingerprint density at radius 1 is 1.14 bits per heavy atom. The number of halogens is 3. The van der Waals surface area contributed by atoms with Gasteiger partial charge in [-0.05, 0) is 24.3 Å². The molecule has 154 valence electrons. The fourth-order valence-electron chi connectivity index (χ4n) is 2.59. The molecule has 29 heavy (non-hydrogen) atoms. The third-order valence-corrected chi connectivity index (χ3v) is 5.46. The van der Waals surface area contributed by atoms with Gasteiger partial charge in [0.25, 0.3) is 5.91 Å². The maximum absolute atomic E-state index is 13.1. The fourth-order valence-corrected chi connectivity index (χ4v) is 3.92. The number of ether oxygens (including phenoxy) is 2. The second kappa shape index (κ2) is 9.91. The van der Waals surface area contributed by atoms with Gasteiger partial charge in [0.15, 0.2) is 0 Å². The Bertz CT molecular complexity index is 933. The number of nitrogens with zero attached hydrogens (tertiary/aromatic N) is 2. The lowest BCUT2D eigenvalue weighted by molar-refractivity contribution is -0.121. The molecule has 0 aromatic heterocycles. The van der Waals surface area contributed by atoms with Crippen molar-refractivity contribution in [1.29, 1.82) is 0 Å². The molecule has 1 aliphatic rings. The molecule has 2 aromatic carbocycles. The number of carbonyl (C=O) groups is 1. The molecule has 3 rings (SSSR count). The van der Waals surface area contributed by atoms with Gasteiger partial charge in [-0.2, -0.15) is 10.1 Å². The molecule has 0 aliphatic carbocycles. The van der Waals surface area contributed by atoms with Crippen molar-refractivity contribution in [3.63, 3.8) is 0 Å². The summed E-state index contributed by atoms with van der Waals surface area (Å²) in [5, 5.41) is 6.15. The number of benzene rings is 2. The van der Waals surface area contributed by atoms with Crippen LogP contribution in [0.2, 0.25) is 15.1 Å². The number of anilines is 1. The molecule has 0 spiro atoms. The molecule has 2 aromatic rings. The Balaban J connectivity index is 1.88. The molecular weight excluding hydrogens is 459 g/mol. The molecule has 2 atom stereocenters. The van der Waals surface area contributed by atoms with Crippen molar-refractivity contribution in [2.45, 2.75) is 6.10 Å². The van der Waals surface area contributed by atoms with Crippen molar-refractivity contribution in [2.24, 2.45) is 5.10 Å². The third kappa shape index (κ3) is 5.49. The van der Waals surface area contributed by atoms with Crippen LogP contribution >= 0.6 is 34.8 Å². The molecular formula is C19H17Cl3N2O4S. The van der Waals surface area contributed by atoms with Crippen LogP contribution in [0.5, 0.6) is 5.75 Å². The summed E-state index contributed by atoms with van der Waals surface area (Å²) in [5.41, 5.74) is 0.567. The Kier molecular flexibility index (Phi) is 7.54. The molecule has 0 saturated heterocycles. The second-order valence-corrected chi connectivity index (χ2v) is 8.91. The molecule has 0 radical (unpaired) electrons. The first kappa shape index (κ1) is 22.1. The summed E-state index contributed by atoms with van der Waals surface area (Å²) < 4.78 is 22.6. The molecule has 0 saturated carbocycles. The first-order valence-corrected chi connectivity index (χ1v) is 11.4. The van der Waals surface area contributed by atoms with Gasteiger partial charge >= 0.3 is 0 Å². The van der Waals surface area contributed by atoms with Crippen molar-refractivity contribution in [1.82, 2.24) is 0 Å². The number of carbonyl (C=O) groups excluding carboxylic acids is 1. The Morgan fingerprint density at radius 3 is 2.41 bits per heavy atom. The van der Waals surface area contributed by atoms with Gasteiger partial charge in [-0.3, -0.25) is 9.00 Å². The van der Waals surface area contributed by atoms with Gasteiger partial charge in [0.1, 0.15) is 17.1 Å². The van der Waals surface area contributed by atoms with Crippen LogP contribution in [0, 0.1) is 0 Å². The van der Waals surface area contributed by atoms with Crippen molar-refractivity contribution >= 4 is 62.9 Å². The highest BCUT2D eigenvalue weighted by Crippen LogP contribution is 2.38. The number of amides is 1. The van der Waals surface area contributed by atoms with E-state index in [4.69, 9.17) is 44.3 Å². The van der Waals surface area contributed by atoms with E-state index in [-0.39, 0.29) is 28.9 Å². The molecule has 1 heterocycles. The van der Waals surface area contributed by atoms with Crippen molar-refractivity contribution in [3.05, 3.63) is 57.5 Å². The minimum Gasteiger partial charge on any atom is -0.474 e. The van der Waals surface area contributed by atoms with Crippen LogP contribution < -0.4 is 9.75 Å². The molecule has 10 heteroatoms. The number of hydrogen-bond acceptors (Lipinski definition) is 5. The molecule has 0 fully saturated rings. The first-order chi connectivity index (χ1) is 13.9. The van der Waals surface area contributed by atoms with Gasteiger partial charge in [-0.1, -0.05) is 53.0 Å². The summed E-state index contributed by atoms with van der Waals surface area (Å²) in [5.74, 6) is 0.422. The van der Waals surface area contributed by atoms with E-state index in [1.165, 1.54) is 12.1 Å². The predicted molar refractivity (Wildman–Crippen MR) is 117 cm³/mol. The highest BCUT2D eigenvalue weighted by Gasteiger charge is 2.40. The van der Waals surface area contributed by atoms with Crippen molar-refractivity contribution in [2.75, 3.05) is 30.2 Å². The van der Waals surface area contributed by atoms with Crippen LogP contribution in [0.1, 0.15) is 0 Å². The quantitative estimate of drug-likeness (QED) is 0.537. The standard InChI is InChI=1S/C19H17Cl3N2O4S/c1-29(26)8-7-27-11-16-18(28-13-5-3-2-4-6-13)19(25)24(23-16)17-14(21)9-12(20)10-15(17)22/h2-6,9-10,18H,7-8,11H2,1H3. The van der Waals surface area contributed by atoms with Gasteiger partial charge in [0, 0.05) is 27.8 Å². The number of rotatable bonds is 8. The normalized spacial score (nSPS) is 17.4. The average Bonchev–Trinajstić information content (AvgIpc) is 2.95. The van der Waals surface area contributed by atoms with Crippen molar-refractivity contribution in [3.8, 4) is 5.75 Å². The van der Waals surface area contributed by atoms with Gasteiger partial charge in [0.2, 0.25) is 6.10 Å². The Hall–Kier alpha value is -1.64. The van der Waals surface area contributed by atoms with E-state index in [0.717, 1.165) is 5.01 Å². The highest BCUT2D eigenvalue weighted by atomic mass is 35.5. The zero-order valence-electron chi connectivity index (χ0n) is 15.3. The Labute approximate surface area is 185 Å². The van der Waals surface area contributed by atoms with E-state index < -0.39 is 22.8 Å². The van der Waals surface area contributed by atoms with Crippen LogP contribution in [0.4, 0.5) is 5.69 Å². The van der Waals surface area contributed by atoms with Gasteiger partial charge in [-0.25, -0.2) is 0 Å². The van der Waals surface area contributed by atoms with Crippen molar-refractivity contribution < 1.29 is 18.5 Å². The van der Waals surface area contributed by atoms with Crippen LogP contribution in [0.25, 0.3) is 0 Å². The number of hydrazone groups is 1. The third-order valence-electron chi connectivity index (χ3n) is 3.92. The lowest BCUT2D eigenvalue weighted by Crippen LogP contribution is -2.38. The second-order valence-electron chi connectivity index (χ2n) is 6.10. The topological polar surface area (TPSA) is 68.2 Å². The van der Waals surface area contributed by atoms with Crippen LogP contribution in [-0.2, 0) is 20.3 Å². The summed E-state index contributed by atoms with van der Waals surface area (Å²) >= 11 is 18.5. The maximum Gasteiger partial charge on any atom is 0.294 e. The highest BCUT2D eigenvalue weighted by molar-refractivity contribution is 7.84. The zero-order valence-corrected chi connectivity index (χ0v) is 18.4. The smallest absolute Gasteiger partial charge is 0.294 e. The maximum atomic E-state index is 13.1. The van der Waals surface area contributed by atoms with E-state index in [1.54, 1.807) is 30.5 Å². The van der Waals surface area contributed by atoms with Crippen LogP contribution in [0.15, 0.2) is 47.6 Å². The largest absolute Gasteiger partial charge is 0.474 e. The molecule has 0 N–H and O–H groups in total. The Morgan fingerprint density at radius 2 is 1.79 bits per heavy atom. The summed E-state index contributed by atoms with van der Waals surface area (Å²) in [4.78, 5) is 13.1. The molecule has 2 unspecified atom stereocenters. The van der Waals surface area contributed by atoms with Gasteiger partial charge in [-0.15, -0.1) is 0 Å². The summed E-state index contributed by atoms with van der Waals surface area (Å²) in [6.07, 6.45) is 0.584. The average molecular weight is 476 g/mol. The lowest BCUT2D eigenvalue weighted by atomic mass is 10.2. The minimum absolute atomic E-state index is 0.0275. The minimum atomic E-state index is -1.01. The summed E-state index contributed by atoms with van der Waals surface area (Å²) in [7, 11) is -0.982. The van der Waals surface area contributed by atoms with E-state index in [1.807, 2.05) is 6.07 Å². The lowest BCUT2D eigenvalue weighted by Gasteiger charge is -2.18. The van der Waals surface area contributed by atoms with Crippen LogP contribution in [-0.4, -0.2) is 47.2 Å². The zero-order chi connectivity index (χ0) is 21.0. The SMILES string of the molecule is CS(=O)CCOCC1=NN(c2c(Cl)cc(Cl)cc2Cl)C(=O)C1Oc1ccccc1. The van der Waals surface area contributed by atoms with E-state index in [2.05, 4.69) is 5.10 Å². The van der Waals surface area contributed by atoms with Gasteiger partial charge in [0.05, 0.1) is 23.3 Å². The predicted octanol–water partition coefficient (Wildman–Crippen LogP) is 4.19. The molecule has 6 nitrogen and oxygen atoms in total. The summed E-state index contributed by atoms with van der Waals surface area (Å²) in [6, 6.07) is 11.9. The molecule has 1 aliphatic heterocycles. The summed E-state index contributed by atoms with van der Waals surface area (Å²) in [6.45, 7) is 0.288. The van der Waals surface area contributed by atoms with E-state index in [0.29, 0.717) is 22.2 Å². The molecule has 0 bridgehead atoms. The van der Waals surface area contributed by atoms with Gasteiger partial charge < -0.3 is 9.47 Å². The first-order valence-electron chi connectivity index (χ1n) is 8.52. The fraction of sp³-hybridized carbons (Fsp3) is 0.263. The van der Waals surface area contributed by atoms with E-state index in [9.17, 15) is 9.00 Å². The van der Waals surface area contributed by atoms with Crippen LogP contribution in [0.3, 0.4) is 0 Å². The number of para-hydroxylation sites is 1.